The van der Waals surface area contributed by atoms with Crippen LogP contribution >= 0.6 is 0 Å². The van der Waals surface area contributed by atoms with E-state index in [4.69, 9.17) is 14.2 Å². The molecule has 162 valence electrons. The maximum absolute atomic E-state index is 11.3. The summed E-state index contributed by atoms with van der Waals surface area (Å²) in [6, 6.07) is 14.0. The van der Waals surface area contributed by atoms with Crippen molar-refractivity contribution in [2.75, 3.05) is 20.3 Å². The Morgan fingerprint density at radius 2 is 1.80 bits per heavy atom. The van der Waals surface area contributed by atoms with E-state index in [1.54, 1.807) is 20.1 Å². The Hall–Kier alpha value is -2.95. The van der Waals surface area contributed by atoms with Gasteiger partial charge < -0.3 is 19.3 Å². The highest BCUT2D eigenvalue weighted by Gasteiger charge is 2.10. The molecule has 1 N–H and O–H groups in total. The Balaban J connectivity index is 2.11. The maximum Gasteiger partial charge on any atom is 0.371 e. The van der Waals surface area contributed by atoms with Gasteiger partial charge in [-0.1, -0.05) is 37.6 Å². The lowest BCUT2D eigenvalue weighted by atomic mass is 10.0. The van der Waals surface area contributed by atoms with Gasteiger partial charge in [0.05, 0.1) is 20.3 Å². The normalized spacial score (nSPS) is 11.2. The number of aliphatic carboxylic acids is 1. The summed E-state index contributed by atoms with van der Waals surface area (Å²) in [7, 11) is 1.67. The van der Waals surface area contributed by atoms with Gasteiger partial charge >= 0.3 is 5.97 Å². The predicted molar refractivity (Wildman–Crippen MR) is 119 cm³/mol. The molecule has 30 heavy (non-hydrogen) atoms. The molecule has 5 heteroatoms. The molecule has 2 rings (SSSR count). The Bertz CT molecular complexity index is 824. The third-order valence-electron chi connectivity index (χ3n) is 4.73. The standard InChI is InChI=1S/C25H32O5/c1-4-6-16-30-23-17-20(18-24(25(26)27)29-5-2)10-13-21(23)9-7-8-19-11-14-22(28-3)15-12-19/h10-15,17-18H,4-9,16H2,1-3H3,(H,26,27)/b24-18-. The molecule has 0 aromatic heterocycles. The molecule has 0 aliphatic rings. The average molecular weight is 413 g/mol. The van der Waals surface area contributed by atoms with Crippen molar-refractivity contribution < 1.29 is 24.1 Å². The van der Waals surface area contributed by atoms with Crippen LogP contribution in [0.4, 0.5) is 0 Å². The quantitative estimate of drug-likeness (QED) is 0.267. The predicted octanol–water partition coefficient (Wildman–Crippen LogP) is 5.51. The molecule has 0 saturated carbocycles. The summed E-state index contributed by atoms with van der Waals surface area (Å²) >= 11 is 0. The molecule has 0 saturated heterocycles. The summed E-state index contributed by atoms with van der Waals surface area (Å²) in [4.78, 5) is 11.3. The average Bonchev–Trinajstić information content (AvgIpc) is 2.75. The Kier molecular flexibility index (Phi) is 9.78. The lowest BCUT2D eigenvalue weighted by molar-refractivity contribution is -0.136. The number of ether oxygens (including phenoxy) is 3. The van der Waals surface area contributed by atoms with E-state index >= 15 is 0 Å². The molecule has 0 radical (unpaired) electrons. The monoisotopic (exact) mass is 412 g/mol. The van der Waals surface area contributed by atoms with E-state index in [1.165, 1.54) is 5.56 Å². The fourth-order valence-corrected chi connectivity index (χ4v) is 3.08. The highest BCUT2D eigenvalue weighted by molar-refractivity contribution is 5.89. The van der Waals surface area contributed by atoms with Crippen LogP contribution in [0.3, 0.4) is 0 Å². The van der Waals surface area contributed by atoms with Crippen LogP contribution in [0.1, 0.15) is 49.8 Å². The zero-order valence-electron chi connectivity index (χ0n) is 18.1. The van der Waals surface area contributed by atoms with Gasteiger partial charge in [0.2, 0.25) is 5.76 Å². The third-order valence-corrected chi connectivity index (χ3v) is 4.73. The number of unbranched alkanes of at least 4 members (excludes halogenated alkanes) is 1. The zero-order valence-corrected chi connectivity index (χ0v) is 18.1. The largest absolute Gasteiger partial charge is 0.497 e. The highest BCUT2D eigenvalue weighted by atomic mass is 16.5. The van der Waals surface area contributed by atoms with Crippen molar-refractivity contribution in [1.29, 1.82) is 0 Å². The lowest BCUT2D eigenvalue weighted by Gasteiger charge is -2.13. The fourth-order valence-electron chi connectivity index (χ4n) is 3.08. The second kappa shape index (κ2) is 12.6. The topological polar surface area (TPSA) is 65.0 Å². The fraction of sp³-hybridized carbons (Fsp3) is 0.400. The summed E-state index contributed by atoms with van der Waals surface area (Å²) in [5, 5.41) is 9.29. The molecule has 5 nitrogen and oxygen atoms in total. The van der Waals surface area contributed by atoms with Gasteiger partial charge in [-0.15, -0.1) is 0 Å². The van der Waals surface area contributed by atoms with E-state index in [0.717, 1.165) is 54.7 Å². The van der Waals surface area contributed by atoms with Crippen molar-refractivity contribution in [2.24, 2.45) is 0 Å². The number of carboxylic acids is 1. The molecule has 0 aliphatic heterocycles. The first-order chi connectivity index (χ1) is 14.6. The van der Waals surface area contributed by atoms with E-state index in [1.807, 2.05) is 30.3 Å². The minimum atomic E-state index is -1.08. The smallest absolute Gasteiger partial charge is 0.371 e. The van der Waals surface area contributed by atoms with Crippen molar-refractivity contribution in [3.05, 3.63) is 64.9 Å². The van der Waals surface area contributed by atoms with Gasteiger partial charge in [0.25, 0.3) is 0 Å². The highest BCUT2D eigenvalue weighted by Crippen LogP contribution is 2.25. The second-order valence-corrected chi connectivity index (χ2v) is 7.02. The van der Waals surface area contributed by atoms with Crippen molar-refractivity contribution in [3.8, 4) is 11.5 Å². The van der Waals surface area contributed by atoms with Crippen LogP contribution in [0.5, 0.6) is 11.5 Å². The van der Waals surface area contributed by atoms with E-state index in [0.29, 0.717) is 13.2 Å². The number of carboxylic acid groups (broad SMARTS) is 1. The van der Waals surface area contributed by atoms with Crippen LogP contribution in [0.15, 0.2) is 48.2 Å². The summed E-state index contributed by atoms with van der Waals surface area (Å²) in [6.07, 6.45) is 6.41. The Morgan fingerprint density at radius 1 is 1.03 bits per heavy atom. The van der Waals surface area contributed by atoms with Crippen molar-refractivity contribution in [2.45, 2.75) is 46.0 Å². The van der Waals surface area contributed by atoms with Crippen molar-refractivity contribution in [1.82, 2.24) is 0 Å². The first-order valence-corrected chi connectivity index (χ1v) is 10.5. The molecular formula is C25H32O5. The van der Waals surface area contributed by atoms with Gasteiger partial charge in [-0.25, -0.2) is 4.79 Å². The summed E-state index contributed by atoms with van der Waals surface area (Å²) in [6.45, 7) is 4.84. The van der Waals surface area contributed by atoms with Gasteiger partial charge in [-0.2, -0.15) is 0 Å². The Labute approximate surface area is 179 Å². The molecule has 0 amide bonds. The van der Waals surface area contributed by atoms with Crippen LogP contribution in [0.25, 0.3) is 6.08 Å². The van der Waals surface area contributed by atoms with Crippen LogP contribution in [0.2, 0.25) is 0 Å². The second-order valence-electron chi connectivity index (χ2n) is 7.02. The minimum Gasteiger partial charge on any atom is -0.497 e. The van der Waals surface area contributed by atoms with Crippen LogP contribution < -0.4 is 9.47 Å². The molecule has 0 atom stereocenters. The number of hydrogen-bond donors (Lipinski definition) is 1. The third kappa shape index (κ3) is 7.47. The number of benzene rings is 2. The summed E-state index contributed by atoms with van der Waals surface area (Å²) in [5.74, 6) is 0.535. The molecule has 2 aromatic carbocycles. The maximum atomic E-state index is 11.3. The van der Waals surface area contributed by atoms with E-state index in [-0.39, 0.29) is 5.76 Å². The first-order valence-electron chi connectivity index (χ1n) is 10.5. The summed E-state index contributed by atoms with van der Waals surface area (Å²) < 4.78 is 16.4. The zero-order chi connectivity index (χ0) is 21.8. The number of hydrogen-bond acceptors (Lipinski definition) is 4. The molecule has 2 aromatic rings. The Morgan fingerprint density at radius 3 is 2.43 bits per heavy atom. The molecule has 0 spiro atoms. The number of aryl methyl sites for hydroxylation is 2. The molecule has 0 fully saturated rings. The number of carbonyl (C=O) groups is 1. The lowest BCUT2D eigenvalue weighted by Crippen LogP contribution is -2.05. The molecular weight excluding hydrogens is 380 g/mol. The SMILES string of the molecule is CCCCOc1cc(/C=C(\OCC)C(=O)O)ccc1CCCc1ccc(OC)cc1. The van der Waals surface area contributed by atoms with E-state index < -0.39 is 5.97 Å². The van der Waals surface area contributed by atoms with Gasteiger partial charge in [0, 0.05) is 0 Å². The van der Waals surface area contributed by atoms with Gasteiger partial charge in [0.1, 0.15) is 11.5 Å². The molecule has 0 bridgehead atoms. The van der Waals surface area contributed by atoms with Crippen LogP contribution in [-0.4, -0.2) is 31.4 Å². The molecule has 0 heterocycles. The summed E-state index contributed by atoms with van der Waals surface area (Å²) in [5.41, 5.74) is 3.16. The number of rotatable bonds is 13. The molecule has 0 unspecified atom stereocenters. The van der Waals surface area contributed by atoms with E-state index in [2.05, 4.69) is 19.1 Å². The van der Waals surface area contributed by atoms with Crippen molar-refractivity contribution >= 4 is 12.0 Å². The van der Waals surface area contributed by atoms with Crippen LogP contribution in [0, 0.1) is 0 Å². The first kappa shape index (κ1) is 23.3. The van der Waals surface area contributed by atoms with Crippen LogP contribution in [-0.2, 0) is 22.4 Å². The van der Waals surface area contributed by atoms with Gasteiger partial charge in [-0.05, 0) is 73.6 Å². The number of methoxy groups -OCH3 is 1. The van der Waals surface area contributed by atoms with E-state index in [9.17, 15) is 9.90 Å². The van der Waals surface area contributed by atoms with Gasteiger partial charge in [-0.3, -0.25) is 0 Å². The minimum absolute atomic E-state index is 0.0655. The molecule has 0 aliphatic carbocycles. The van der Waals surface area contributed by atoms with Gasteiger partial charge in [0.15, 0.2) is 0 Å². The van der Waals surface area contributed by atoms with Crippen molar-refractivity contribution in [3.63, 3.8) is 0 Å².